The molecule has 0 saturated carbocycles. The van der Waals surface area contributed by atoms with Crippen LogP contribution in [0.3, 0.4) is 0 Å². The minimum absolute atomic E-state index is 0.0284. The Morgan fingerprint density at radius 1 is 1.64 bits per heavy atom. The minimum Gasteiger partial charge on any atom is -0.480 e. The lowest BCUT2D eigenvalue weighted by atomic mass is 10.0. The molecule has 0 aromatic heterocycles. The van der Waals surface area contributed by atoms with E-state index < -0.39 is 11.5 Å². The largest absolute Gasteiger partial charge is 0.480 e. The number of likely N-dealkylation sites (N-methyl/N-ethyl adjacent to an activating group) is 1. The molecule has 14 heavy (non-hydrogen) atoms. The molecule has 1 aliphatic rings. The fraction of sp³-hybridized carbons (Fsp3) is 0.778. The molecule has 5 nitrogen and oxygen atoms in total. The van der Waals surface area contributed by atoms with Gasteiger partial charge < -0.3 is 10.0 Å². The number of nitrogens with zero attached hydrogens (tertiary/aromatic N) is 1. The number of carbonyl (C=O) groups excluding carboxylic acids is 1. The van der Waals surface area contributed by atoms with E-state index >= 15 is 0 Å². The van der Waals surface area contributed by atoms with Gasteiger partial charge in [0.25, 0.3) is 0 Å². The lowest BCUT2D eigenvalue weighted by Gasteiger charge is -2.24. The molecular formula is C9H16N2O3. The van der Waals surface area contributed by atoms with Gasteiger partial charge in [0, 0.05) is 13.6 Å². The first kappa shape index (κ1) is 11.0. The number of aliphatic carboxylic acids is 1. The van der Waals surface area contributed by atoms with Crippen molar-refractivity contribution in [2.75, 3.05) is 13.6 Å². The van der Waals surface area contributed by atoms with Crippen molar-refractivity contribution in [3.8, 4) is 0 Å². The molecule has 1 atom stereocenters. The standard InChI is InChI=1S/C9H16N2O3/c1-9(2,8(13)14)10-6-4-5-11(3)7(6)12/h6,10H,4-5H2,1-3H3,(H,13,14). The van der Waals surface area contributed by atoms with Gasteiger partial charge >= 0.3 is 5.97 Å². The molecule has 1 aliphatic heterocycles. The van der Waals surface area contributed by atoms with Crippen LogP contribution in [-0.4, -0.2) is 47.1 Å². The molecule has 1 rings (SSSR count). The third-order valence-electron chi connectivity index (χ3n) is 2.50. The minimum atomic E-state index is -1.05. The Bertz CT molecular complexity index is 263. The Kier molecular flexibility index (Phi) is 2.80. The van der Waals surface area contributed by atoms with Gasteiger partial charge in [-0.1, -0.05) is 0 Å². The predicted octanol–water partition coefficient (Wildman–Crippen LogP) is -0.330. The molecule has 0 radical (unpaired) electrons. The molecule has 0 aliphatic carbocycles. The smallest absolute Gasteiger partial charge is 0.323 e. The molecule has 5 heteroatoms. The van der Waals surface area contributed by atoms with E-state index in [2.05, 4.69) is 5.32 Å². The summed E-state index contributed by atoms with van der Waals surface area (Å²) in [7, 11) is 1.72. The Hall–Kier alpha value is -1.10. The molecule has 1 saturated heterocycles. The molecule has 2 N–H and O–H groups in total. The van der Waals surface area contributed by atoms with Crippen LogP contribution >= 0.6 is 0 Å². The van der Waals surface area contributed by atoms with Gasteiger partial charge in [0.15, 0.2) is 0 Å². The van der Waals surface area contributed by atoms with Crippen molar-refractivity contribution in [2.24, 2.45) is 0 Å². The van der Waals surface area contributed by atoms with Crippen molar-refractivity contribution >= 4 is 11.9 Å². The molecule has 1 amide bonds. The van der Waals surface area contributed by atoms with E-state index in [1.54, 1.807) is 25.8 Å². The van der Waals surface area contributed by atoms with Gasteiger partial charge in [-0.3, -0.25) is 14.9 Å². The van der Waals surface area contributed by atoms with Crippen molar-refractivity contribution in [1.82, 2.24) is 10.2 Å². The summed E-state index contributed by atoms with van der Waals surface area (Å²) in [5.74, 6) is -0.973. The SMILES string of the molecule is CN1CCC(NC(C)(C)C(=O)O)C1=O. The molecule has 0 aromatic carbocycles. The van der Waals surface area contributed by atoms with E-state index in [0.29, 0.717) is 13.0 Å². The monoisotopic (exact) mass is 200 g/mol. The molecule has 1 unspecified atom stereocenters. The van der Waals surface area contributed by atoms with Gasteiger partial charge in [-0.25, -0.2) is 0 Å². The second kappa shape index (κ2) is 3.57. The molecule has 0 bridgehead atoms. The van der Waals surface area contributed by atoms with E-state index in [0.717, 1.165) is 0 Å². The lowest BCUT2D eigenvalue weighted by Crippen LogP contribution is -2.53. The van der Waals surface area contributed by atoms with Gasteiger partial charge in [-0.05, 0) is 20.3 Å². The molecule has 0 spiro atoms. The van der Waals surface area contributed by atoms with Gasteiger partial charge in [0.05, 0.1) is 6.04 Å². The summed E-state index contributed by atoms with van der Waals surface area (Å²) >= 11 is 0. The summed E-state index contributed by atoms with van der Waals surface area (Å²) in [6, 6.07) is -0.355. The Balaban J connectivity index is 2.62. The average Bonchev–Trinajstić information content (AvgIpc) is 2.35. The Morgan fingerprint density at radius 3 is 2.57 bits per heavy atom. The van der Waals surface area contributed by atoms with E-state index in [4.69, 9.17) is 5.11 Å². The van der Waals surface area contributed by atoms with Crippen LogP contribution in [0.25, 0.3) is 0 Å². The highest BCUT2D eigenvalue weighted by molar-refractivity contribution is 5.85. The molecule has 0 aromatic rings. The van der Waals surface area contributed by atoms with Crippen LogP contribution in [0.15, 0.2) is 0 Å². The van der Waals surface area contributed by atoms with Crippen molar-refractivity contribution in [2.45, 2.75) is 31.8 Å². The van der Waals surface area contributed by atoms with E-state index in [9.17, 15) is 9.59 Å². The number of rotatable bonds is 3. The first-order valence-electron chi connectivity index (χ1n) is 4.60. The van der Waals surface area contributed by atoms with Crippen LogP contribution in [-0.2, 0) is 9.59 Å². The van der Waals surface area contributed by atoms with Crippen molar-refractivity contribution in [3.63, 3.8) is 0 Å². The number of hydrogen-bond acceptors (Lipinski definition) is 3. The summed E-state index contributed by atoms with van der Waals surface area (Å²) in [6.45, 7) is 3.80. The maximum absolute atomic E-state index is 11.5. The highest BCUT2D eigenvalue weighted by atomic mass is 16.4. The number of carboxylic acids is 1. The third-order valence-corrected chi connectivity index (χ3v) is 2.50. The number of nitrogens with one attached hydrogen (secondary N) is 1. The maximum atomic E-state index is 11.5. The zero-order chi connectivity index (χ0) is 10.9. The second-order valence-electron chi connectivity index (χ2n) is 4.18. The van der Waals surface area contributed by atoms with Gasteiger partial charge in [0.1, 0.15) is 5.54 Å². The normalized spacial score (nSPS) is 22.9. The van der Waals surface area contributed by atoms with Crippen molar-refractivity contribution < 1.29 is 14.7 Å². The van der Waals surface area contributed by atoms with E-state index in [1.165, 1.54) is 0 Å². The Labute approximate surface area is 83.1 Å². The van der Waals surface area contributed by atoms with Crippen molar-refractivity contribution in [1.29, 1.82) is 0 Å². The quantitative estimate of drug-likeness (QED) is 0.654. The molecule has 1 fully saturated rings. The average molecular weight is 200 g/mol. The van der Waals surface area contributed by atoms with Crippen LogP contribution in [0.4, 0.5) is 0 Å². The zero-order valence-corrected chi connectivity index (χ0v) is 8.70. The first-order chi connectivity index (χ1) is 6.34. The van der Waals surface area contributed by atoms with Crippen LogP contribution in [0.1, 0.15) is 20.3 Å². The zero-order valence-electron chi connectivity index (χ0n) is 8.70. The van der Waals surface area contributed by atoms with Crippen LogP contribution in [0.5, 0.6) is 0 Å². The first-order valence-corrected chi connectivity index (χ1v) is 4.60. The van der Waals surface area contributed by atoms with E-state index in [-0.39, 0.29) is 11.9 Å². The third kappa shape index (κ3) is 2.04. The maximum Gasteiger partial charge on any atom is 0.323 e. The summed E-state index contributed by atoms with van der Waals surface area (Å²) in [5, 5.41) is 11.7. The van der Waals surface area contributed by atoms with Crippen molar-refractivity contribution in [3.05, 3.63) is 0 Å². The van der Waals surface area contributed by atoms with Crippen LogP contribution in [0.2, 0.25) is 0 Å². The fourth-order valence-electron chi connectivity index (χ4n) is 1.45. The van der Waals surface area contributed by atoms with Crippen LogP contribution < -0.4 is 5.32 Å². The number of likely N-dealkylation sites (tertiary alicyclic amines) is 1. The second-order valence-corrected chi connectivity index (χ2v) is 4.18. The summed E-state index contributed by atoms with van der Waals surface area (Å²) < 4.78 is 0. The van der Waals surface area contributed by atoms with Gasteiger partial charge in [-0.15, -0.1) is 0 Å². The Morgan fingerprint density at radius 2 is 2.21 bits per heavy atom. The van der Waals surface area contributed by atoms with Crippen LogP contribution in [0, 0.1) is 0 Å². The van der Waals surface area contributed by atoms with E-state index in [1.807, 2.05) is 0 Å². The predicted molar refractivity (Wildman–Crippen MR) is 50.9 cm³/mol. The summed E-state index contributed by atoms with van der Waals surface area (Å²) in [4.78, 5) is 23.9. The highest BCUT2D eigenvalue weighted by Crippen LogP contribution is 2.13. The highest BCUT2D eigenvalue weighted by Gasteiger charge is 2.36. The molecule has 1 heterocycles. The molecule has 80 valence electrons. The van der Waals surface area contributed by atoms with Gasteiger partial charge in [0.2, 0.25) is 5.91 Å². The number of carboxylic acid groups (broad SMARTS) is 1. The topological polar surface area (TPSA) is 69.6 Å². The molecular weight excluding hydrogens is 184 g/mol. The summed E-state index contributed by atoms with van der Waals surface area (Å²) in [6.07, 6.45) is 0.673. The number of amides is 1. The lowest BCUT2D eigenvalue weighted by molar-refractivity contribution is -0.144. The number of carbonyl (C=O) groups is 2. The van der Waals surface area contributed by atoms with Gasteiger partial charge in [-0.2, -0.15) is 0 Å². The number of hydrogen-bond donors (Lipinski definition) is 2. The summed E-state index contributed by atoms with van der Waals surface area (Å²) in [5.41, 5.74) is -1.05. The fourth-order valence-corrected chi connectivity index (χ4v) is 1.45.